The monoisotopic (exact) mass is 238 g/mol. The molecule has 0 aromatic carbocycles. The van der Waals surface area contributed by atoms with Gasteiger partial charge in [0.2, 0.25) is 5.91 Å². The molecule has 0 spiro atoms. The number of amides is 1. The van der Waals surface area contributed by atoms with E-state index >= 15 is 0 Å². The number of nitrogens with one attached hydrogen (secondary N) is 1. The maximum atomic E-state index is 11.7. The summed E-state index contributed by atoms with van der Waals surface area (Å²) in [5.74, 6) is -0.772. The third kappa shape index (κ3) is 2.61. The summed E-state index contributed by atoms with van der Waals surface area (Å²) in [6.45, 7) is 1.70. The molecule has 1 aliphatic carbocycles. The highest BCUT2D eigenvalue weighted by Gasteiger charge is 2.27. The highest BCUT2D eigenvalue weighted by molar-refractivity contribution is 5.85. The lowest BCUT2D eigenvalue weighted by Gasteiger charge is -2.10. The molecule has 1 atom stereocenters. The number of methoxy groups -OCH3 is 1. The van der Waals surface area contributed by atoms with Crippen molar-refractivity contribution < 1.29 is 14.3 Å². The Morgan fingerprint density at radius 2 is 2.29 bits per heavy atom. The molecule has 1 fully saturated rings. The second-order valence-electron chi connectivity index (χ2n) is 4.00. The molecule has 92 valence electrons. The van der Waals surface area contributed by atoms with Crippen molar-refractivity contribution in [2.45, 2.75) is 31.8 Å². The van der Waals surface area contributed by atoms with E-state index in [0.717, 1.165) is 12.8 Å². The van der Waals surface area contributed by atoms with Crippen LogP contribution in [0.4, 0.5) is 0 Å². The van der Waals surface area contributed by atoms with Crippen molar-refractivity contribution >= 4 is 11.9 Å². The average molecular weight is 238 g/mol. The van der Waals surface area contributed by atoms with Gasteiger partial charge in [0, 0.05) is 6.04 Å². The minimum atomic E-state index is -0.612. The Kier molecular flexibility index (Phi) is 3.08. The van der Waals surface area contributed by atoms with Crippen LogP contribution in [0.1, 0.15) is 36.4 Å². The molecule has 1 amide bonds. The zero-order chi connectivity index (χ0) is 12.4. The van der Waals surface area contributed by atoms with Gasteiger partial charge in [-0.15, -0.1) is 5.10 Å². The van der Waals surface area contributed by atoms with Crippen LogP contribution < -0.4 is 5.32 Å². The van der Waals surface area contributed by atoms with Gasteiger partial charge in [0.1, 0.15) is 12.4 Å². The maximum absolute atomic E-state index is 11.7. The Morgan fingerprint density at radius 3 is 2.88 bits per heavy atom. The van der Waals surface area contributed by atoms with Crippen molar-refractivity contribution in [1.29, 1.82) is 0 Å². The molecule has 7 heteroatoms. The summed E-state index contributed by atoms with van der Waals surface area (Å²) in [6, 6.07) is -0.185. The fourth-order valence-electron chi connectivity index (χ4n) is 1.32. The molecular weight excluding hydrogens is 224 g/mol. The molecule has 0 radical (unpaired) electrons. The first-order valence-electron chi connectivity index (χ1n) is 5.41. The van der Waals surface area contributed by atoms with Gasteiger partial charge in [-0.05, 0) is 19.8 Å². The van der Waals surface area contributed by atoms with E-state index in [1.807, 2.05) is 0 Å². The molecule has 1 aromatic heterocycles. The smallest absolute Gasteiger partial charge is 0.377 e. The number of aromatic nitrogens is 3. The molecule has 2 rings (SSSR count). The maximum Gasteiger partial charge on any atom is 0.377 e. The molecule has 1 unspecified atom stereocenters. The summed E-state index contributed by atoms with van der Waals surface area (Å²) < 4.78 is 5.84. The molecule has 0 aliphatic heterocycles. The van der Waals surface area contributed by atoms with Crippen molar-refractivity contribution in [3.8, 4) is 0 Å². The Morgan fingerprint density at radius 1 is 1.59 bits per heavy atom. The summed E-state index contributed by atoms with van der Waals surface area (Å²) in [5.41, 5.74) is 0. The molecule has 0 saturated heterocycles. The molecule has 17 heavy (non-hydrogen) atoms. The van der Waals surface area contributed by atoms with Crippen molar-refractivity contribution in [3.05, 3.63) is 12.2 Å². The number of hydrogen-bond donors (Lipinski definition) is 1. The van der Waals surface area contributed by atoms with Crippen LogP contribution in [0.5, 0.6) is 0 Å². The zero-order valence-electron chi connectivity index (χ0n) is 9.71. The predicted octanol–water partition coefficient (Wildman–Crippen LogP) is -0.0957. The molecule has 7 nitrogen and oxygen atoms in total. The molecule has 1 aromatic rings. The van der Waals surface area contributed by atoms with Gasteiger partial charge in [-0.1, -0.05) is 0 Å². The van der Waals surface area contributed by atoms with Crippen LogP contribution in [-0.4, -0.2) is 39.8 Å². The third-order valence-electron chi connectivity index (χ3n) is 2.58. The van der Waals surface area contributed by atoms with Crippen molar-refractivity contribution in [1.82, 2.24) is 20.1 Å². The highest BCUT2D eigenvalue weighted by Crippen LogP contribution is 2.19. The van der Waals surface area contributed by atoms with Gasteiger partial charge in [0.05, 0.1) is 7.11 Å². The first kappa shape index (κ1) is 11.6. The van der Waals surface area contributed by atoms with Gasteiger partial charge in [-0.3, -0.25) is 4.79 Å². The van der Waals surface area contributed by atoms with Crippen molar-refractivity contribution in [2.75, 3.05) is 7.11 Å². The van der Waals surface area contributed by atoms with Crippen LogP contribution >= 0.6 is 0 Å². The standard InChI is InChI=1S/C10H14N4O3/c1-6(9(15)12-7-3-4-7)14-5-11-8(13-14)10(16)17-2/h5-7H,3-4H2,1-2H3,(H,12,15). The number of carbonyl (C=O) groups is 2. The molecule has 1 heterocycles. The number of rotatable bonds is 4. The Balaban J connectivity index is 2.02. The number of esters is 1. The van der Waals surface area contributed by atoms with Gasteiger partial charge in [-0.2, -0.15) is 0 Å². The molecule has 0 bridgehead atoms. The quantitative estimate of drug-likeness (QED) is 0.740. The Hall–Kier alpha value is -1.92. The molecule has 1 saturated carbocycles. The van der Waals surface area contributed by atoms with E-state index < -0.39 is 12.0 Å². The summed E-state index contributed by atoms with van der Waals surface area (Å²) in [4.78, 5) is 26.7. The molecule has 1 N–H and O–H groups in total. The van der Waals surface area contributed by atoms with E-state index in [0.29, 0.717) is 6.04 Å². The predicted molar refractivity (Wildman–Crippen MR) is 57.2 cm³/mol. The van der Waals surface area contributed by atoms with Crippen molar-refractivity contribution in [2.24, 2.45) is 0 Å². The van der Waals surface area contributed by atoms with Crippen LogP contribution in [0.3, 0.4) is 0 Å². The minimum absolute atomic E-state index is 0.0430. The zero-order valence-corrected chi connectivity index (χ0v) is 9.71. The van der Waals surface area contributed by atoms with Crippen molar-refractivity contribution in [3.63, 3.8) is 0 Å². The van der Waals surface area contributed by atoms with Gasteiger partial charge in [0.25, 0.3) is 5.82 Å². The molecule has 1 aliphatic rings. The number of ether oxygens (including phenoxy) is 1. The normalized spacial score (nSPS) is 16.4. The third-order valence-corrected chi connectivity index (χ3v) is 2.58. The lowest BCUT2D eigenvalue weighted by molar-refractivity contribution is -0.124. The average Bonchev–Trinajstić information content (AvgIpc) is 3.00. The topological polar surface area (TPSA) is 86.1 Å². The summed E-state index contributed by atoms with van der Waals surface area (Å²) in [7, 11) is 1.26. The SMILES string of the molecule is COC(=O)c1ncn(C(C)C(=O)NC2CC2)n1. The second-order valence-corrected chi connectivity index (χ2v) is 4.00. The number of nitrogens with zero attached hydrogens (tertiary/aromatic N) is 3. The largest absolute Gasteiger partial charge is 0.463 e. The van der Waals surface area contributed by atoms with Gasteiger partial charge in [-0.25, -0.2) is 14.5 Å². The minimum Gasteiger partial charge on any atom is -0.463 e. The van der Waals surface area contributed by atoms with Crippen LogP contribution in [0.15, 0.2) is 6.33 Å². The Bertz CT molecular complexity index is 439. The fraction of sp³-hybridized carbons (Fsp3) is 0.600. The van der Waals surface area contributed by atoms with Crippen LogP contribution in [0.2, 0.25) is 0 Å². The van der Waals surface area contributed by atoms with E-state index in [9.17, 15) is 9.59 Å². The first-order chi connectivity index (χ1) is 8.11. The highest BCUT2D eigenvalue weighted by atomic mass is 16.5. The van der Waals surface area contributed by atoms with E-state index in [1.165, 1.54) is 18.1 Å². The van der Waals surface area contributed by atoms with E-state index in [4.69, 9.17) is 0 Å². The number of carbonyl (C=O) groups excluding carboxylic acids is 2. The Labute approximate surface area is 98.2 Å². The van der Waals surface area contributed by atoms with Crippen LogP contribution in [0, 0.1) is 0 Å². The fourth-order valence-corrected chi connectivity index (χ4v) is 1.32. The lowest BCUT2D eigenvalue weighted by atomic mass is 10.3. The van der Waals surface area contributed by atoms with Gasteiger partial charge < -0.3 is 10.1 Å². The lowest BCUT2D eigenvalue weighted by Crippen LogP contribution is -2.32. The van der Waals surface area contributed by atoms with E-state index in [1.54, 1.807) is 6.92 Å². The molecular formula is C10H14N4O3. The summed E-state index contributed by atoms with van der Waals surface area (Å²) >= 11 is 0. The van der Waals surface area contributed by atoms with E-state index in [2.05, 4.69) is 20.1 Å². The second kappa shape index (κ2) is 4.52. The van der Waals surface area contributed by atoms with Gasteiger partial charge >= 0.3 is 5.97 Å². The van der Waals surface area contributed by atoms with Crippen LogP contribution in [0.25, 0.3) is 0 Å². The van der Waals surface area contributed by atoms with Crippen LogP contribution in [-0.2, 0) is 9.53 Å². The van der Waals surface area contributed by atoms with E-state index in [-0.39, 0.29) is 11.7 Å². The number of hydrogen-bond acceptors (Lipinski definition) is 5. The van der Waals surface area contributed by atoms with Gasteiger partial charge in [0.15, 0.2) is 0 Å². The first-order valence-corrected chi connectivity index (χ1v) is 5.41. The summed E-state index contributed by atoms with van der Waals surface area (Å²) in [6.07, 6.45) is 3.41. The summed E-state index contributed by atoms with van der Waals surface area (Å²) in [5, 5.41) is 6.76.